The Hall–Kier alpha value is -1.51. The Morgan fingerprint density at radius 3 is 2.69 bits per heavy atom. The van der Waals surface area contributed by atoms with E-state index in [1.54, 1.807) is 0 Å². The summed E-state index contributed by atoms with van der Waals surface area (Å²) in [6.45, 7) is 6.12. The Morgan fingerprint density at radius 1 is 1.44 bits per heavy atom. The highest BCUT2D eigenvalue weighted by atomic mass is 16.5. The van der Waals surface area contributed by atoms with E-state index < -0.39 is 0 Å². The normalized spacial score (nSPS) is 12.2. The molecule has 0 aromatic heterocycles. The van der Waals surface area contributed by atoms with E-state index in [1.165, 1.54) is 0 Å². The predicted octanol–water partition coefficient (Wildman–Crippen LogP) is 2.63. The van der Waals surface area contributed by atoms with Crippen LogP contribution >= 0.6 is 0 Å². The summed E-state index contributed by atoms with van der Waals surface area (Å²) in [5.41, 5.74) is 8.56. The van der Waals surface area contributed by atoms with Crippen molar-refractivity contribution in [3.8, 4) is 0 Å². The van der Waals surface area contributed by atoms with Crippen LogP contribution < -0.4 is 5.73 Å². The zero-order chi connectivity index (χ0) is 12.1. The summed E-state index contributed by atoms with van der Waals surface area (Å²) in [6, 6.07) is 5.76. The molecule has 0 saturated heterocycles. The lowest BCUT2D eigenvalue weighted by Gasteiger charge is -2.17. The molecule has 3 heteroatoms. The fourth-order valence-corrected chi connectivity index (χ4v) is 1.76. The molecule has 1 aromatic rings. The summed E-state index contributed by atoms with van der Waals surface area (Å²) in [5.74, 6) is -0.442. The lowest BCUT2D eigenvalue weighted by molar-refractivity contribution is -0.145. The van der Waals surface area contributed by atoms with E-state index in [1.807, 2.05) is 39.0 Å². The van der Waals surface area contributed by atoms with E-state index in [-0.39, 0.29) is 11.9 Å². The zero-order valence-electron chi connectivity index (χ0n) is 10.1. The number of esters is 1. The molecular formula is C13H19NO2. The summed E-state index contributed by atoms with van der Waals surface area (Å²) >= 11 is 0. The van der Waals surface area contributed by atoms with Gasteiger partial charge in [0.2, 0.25) is 0 Å². The van der Waals surface area contributed by atoms with Gasteiger partial charge in [0.15, 0.2) is 0 Å². The number of benzene rings is 1. The van der Waals surface area contributed by atoms with Gasteiger partial charge in [-0.1, -0.05) is 25.1 Å². The molecule has 0 radical (unpaired) electrons. The van der Waals surface area contributed by atoms with E-state index in [0.717, 1.165) is 11.1 Å². The Morgan fingerprint density at radius 2 is 2.12 bits per heavy atom. The third kappa shape index (κ3) is 2.54. The molecule has 0 heterocycles. The van der Waals surface area contributed by atoms with Crippen LogP contribution in [0.5, 0.6) is 0 Å². The van der Waals surface area contributed by atoms with Crippen LogP contribution in [-0.2, 0) is 9.53 Å². The van der Waals surface area contributed by atoms with Crippen LogP contribution in [0.4, 0.5) is 5.69 Å². The van der Waals surface area contributed by atoms with Crippen molar-refractivity contribution in [2.45, 2.75) is 33.1 Å². The molecule has 0 fully saturated rings. The number of para-hydroxylation sites is 1. The molecule has 1 rings (SSSR count). The first kappa shape index (κ1) is 12.6. The standard InChI is InChI=1S/C13H19NO2/c1-4-10(13(15)16-5-2)11-8-6-7-9(3)12(11)14/h6-8,10H,4-5,14H2,1-3H3. The quantitative estimate of drug-likeness (QED) is 0.628. The number of ether oxygens (including phenoxy) is 1. The highest BCUT2D eigenvalue weighted by Crippen LogP contribution is 2.28. The summed E-state index contributed by atoms with van der Waals surface area (Å²) in [5, 5.41) is 0. The molecule has 1 atom stereocenters. The summed E-state index contributed by atoms with van der Waals surface area (Å²) in [4.78, 5) is 11.8. The molecular weight excluding hydrogens is 202 g/mol. The number of nitrogen functional groups attached to an aromatic ring is 1. The van der Waals surface area contributed by atoms with Crippen LogP contribution in [0.25, 0.3) is 0 Å². The minimum atomic E-state index is -0.250. The summed E-state index contributed by atoms with van der Waals surface area (Å²) in [7, 11) is 0. The maximum atomic E-state index is 11.8. The number of aryl methyl sites for hydroxylation is 1. The molecule has 0 saturated carbocycles. The highest BCUT2D eigenvalue weighted by Gasteiger charge is 2.22. The van der Waals surface area contributed by atoms with Crippen molar-refractivity contribution in [1.82, 2.24) is 0 Å². The second-order valence-corrected chi connectivity index (χ2v) is 3.79. The minimum Gasteiger partial charge on any atom is -0.466 e. The number of anilines is 1. The largest absolute Gasteiger partial charge is 0.466 e. The van der Waals surface area contributed by atoms with Crippen LogP contribution in [0.2, 0.25) is 0 Å². The van der Waals surface area contributed by atoms with Gasteiger partial charge in [0.1, 0.15) is 0 Å². The predicted molar refractivity (Wildman–Crippen MR) is 65.3 cm³/mol. The molecule has 0 aliphatic heterocycles. The monoisotopic (exact) mass is 221 g/mol. The Bertz CT molecular complexity index is 374. The van der Waals surface area contributed by atoms with Crippen molar-refractivity contribution in [3.05, 3.63) is 29.3 Å². The van der Waals surface area contributed by atoms with E-state index in [4.69, 9.17) is 10.5 Å². The molecule has 0 amide bonds. The maximum Gasteiger partial charge on any atom is 0.313 e. The first-order chi connectivity index (χ1) is 7.61. The Labute approximate surface area is 96.6 Å². The van der Waals surface area contributed by atoms with E-state index in [2.05, 4.69) is 0 Å². The van der Waals surface area contributed by atoms with E-state index >= 15 is 0 Å². The Balaban J connectivity index is 3.04. The number of nitrogens with two attached hydrogens (primary N) is 1. The molecule has 3 nitrogen and oxygen atoms in total. The number of hydrogen-bond donors (Lipinski definition) is 1. The van der Waals surface area contributed by atoms with Crippen LogP contribution in [0.15, 0.2) is 18.2 Å². The lowest BCUT2D eigenvalue weighted by atomic mass is 9.93. The Kier molecular flexibility index (Phi) is 4.35. The third-order valence-electron chi connectivity index (χ3n) is 2.71. The van der Waals surface area contributed by atoms with Gasteiger partial charge < -0.3 is 10.5 Å². The van der Waals surface area contributed by atoms with Gasteiger partial charge in [0.05, 0.1) is 12.5 Å². The molecule has 2 N–H and O–H groups in total. The van der Waals surface area contributed by atoms with Crippen molar-refractivity contribution >= 4 is 11.7 Å². The number of hydrogen-bond acceptors (Lipinski definition) is 3. The van der Waals surface area contributed by atoms with Crippen LogP contribution in [0.1, 0.15) is 37.3 Å². The van der Waals surface area contributed by atoms with Crippen LogP contribution in [0, 0.1) is 6.92 Å². The van der Waals surface area contributed by atoms with E-state index in [9.17, 15) is 4.79 Å². The fraction of sp³-hybridized carbons (Fsp3) is 0.462. The smallest absolute Gasteiger partial charge is 0.313 e. The first-order valence-corrected chi connectivity index (χ1v) is 5.63. The van der Waals surface area contributed by atoms with Crippen molar-refractivity contribution in [2.24, 2.45) is 0 Å². The van der Waals surface area contributed by atoms with Crippen LogP contribution in [0.3, 0.4) is 0 Å². The average Bonchev–Trinajstić information content (AvgIpc) is 2.25. The molecule has 0 spiro atoms. The number of carbonyl (C=O) groups is 1. The number of carbonyl (C=O) groups excluding carboxylic acids is 1. The average molecular weight is 221 g/mol. The van der Waals surface area contributed by atoms with Gasteiger partial charge in [0, 0.05) is 5.69 Å². The molecule has 0 aliphatic carbocycles. The zero-order valence-corrected chi connectivity index (χ0v) is 10.1. The van der Waals surface area contributed by atoms with Gasteiger partial charge in [-0.3, -0.25) is 4.79 Å². The van der Waals surface area contributed by atoms with Crippen LogP contribution in [-0.4, -0.2) is 12.6 Å². The van der Waals surface area contributed by atoms with Gasteiger partial charge >= 0.3 is 5.97 Å². The minimum absolute atomic E-state index is 0.192. The number of rotatable bonds is 4. The second kappa shape index (κ2) is 5.54. The SMILES string of the molecule is CCOC(=O)C(CC)c1cccc(C)c1N. The maximum absolute atomic E-state index is 11.8. The van der Waals surface area contributed by atoms with E-state index in [0.29, 0.717) is 18.7 Å². The fourth-order valence-electron chi connectivity index (χ4n) is 1.76. The molecule has 88 valence electrons. The highest BCUT2D eigenvalue weighted by molar-refractivity contribution is 5.80. The van der Waals surface area contributed by atoms with Crippen molar-refractivity contribution < 1.29 is 9.53 Å². The topological polar surface area (TPSA) is 52.3 Å². The molecule has 16 heavy (non-hydrogen) atoms. The molecule has 1 aromatic carbocycles. The van der Waals surface area contributed by atoms with Crippen molar-refractivity contribution in [1.29, 1.82) is 0 Å². The van der Waals surface area contributed by atoms with Crippen molar-refractivity contribution in [2.75, 3.05) is 12.3 Å². The lowest BCUT2D eigenvalue weighted by Crippen LogP contribution is -2.17. The van der Waals surface area contributed by atoms with Crippen molar-refractivity contribution in [3.63, 3.8) is 0 Å². The molecule has 1 unspecified atom stereocenters. The van der Waals surface area contributed by atoms with Gasteiger partial charge in [-0.2, -0.15) is 0 Å². The molecule has 0 bridgehead atoms. The molecule has 0 aliphatic rings. The first-order valence-electron chi connectivity index (χ1n) is 5.63. The third-order valence-corrected chi connectivity index (χ3v) is 2.71. The van der Waals surface area contributed by atoms with Gasteiger partial charge in [-0.15, -0.1) is 0 Å². The van der Waals surface area contributed by atoms with Gasteiger partial charge in [-0.05, 0) is 31.4 Å². The summed E-state index contributed by atoms with van der Waals surface area (Å²) < 4.78 is 5.05. The second-order valence-electron chi connectivity index (χ2n) is 3.79. The summed E-state index contributed by atoms with van der Waals surface area (Å²) in [6.07, 6.45) is 0.701. The van der Waals surface area contributed by atoms with Gasteiger partial charge in [-0.25, -0.2) is 0 Å². The van der Waals surface area contributed by atoms with Gasteiger partial charge in [0.25, 0.3) is 0 Å².